The minimum atomic E-state index is -4.38. The predicted molar refractivity (Wildman–Crippen MR) is 81.2 cm³/mol. The maximum atomic E-state index is 13.2. The highest BCUT2D eigenvalue weighted by molar-refractivity contribution is 5.98. The van der Waals surface area contributed by atoms with E-state index in [0.717, 1.165) is 21.4 Å². The number of aryl methyl sites for hydroxylation is 1. The summed E-state index contributed by atoms with van der Waals surface area (Å²) in [6, 6.07) is 5.01. The van der Waals surface area contributed by atoms with Crippen LogP contribution in [0.3, 0.4) is 0 Å². The smallest absolute Gasteiger partial charge is 0.327 e. The fourth-order valence-electron chi connectivity index (χ4n) is 3.10. The number of hydrogen-bond donors (Lipinski definition) is 0. The lowest BCUT2D eigenvalue weighted by molar-refractivity contribution is -0.183. The summed E-state index contributed by atoms with van der Waals surface area (Å²) in [6.45, 7) is 2.03. The lowest BCUT2D eigenvalue weighted by Gasteiger charge is -2.36. The molecule has 0 saturated carbocycles. The second-order valence-corrected chi connectivity index (χ2v) is 5.91. The second-order valence-electron chi connectivity index (χ2n) is 5.91. The largest absolute Gasteiger partial charge is 0.408 e. The number of hydrogen-bond acceptors (Lipinski definition) is 2. The van der Waals surface area contributed by atoms with Crippen LogP contribution in [-0.4, -0.2) is 34.6 Å². The Kier molecular flexibility index (Phi) is 4.00. The Morgan fingerprint density at radius 1 is 1.26 bits per heavy atom. The standard InChI is InChI=1S/C17H17F3N2O/c1-11-7-8-21-14-6-5-12(10-13(11)14)16(23)22-9-3-2-4-15(22)17(18,19)20/h5-8,10,15H,2-4,9H2,1H3. The molecule has 1 aliphatic rings. The van der Waals surface area contributed by atoms with Crippen molar-refractivity contribution in [2.24, 2.45) is 0 Å². The zero-order valence-corrected chi connectivity index (χ0v) is 12.7. The summed E-state index contributed by atoms with van der Waals surface area (Å²) < 4.78 is 39.5. The fourth-order valence-corrected chi connectivity index (χ4v) is 3.10. The van der Waals surface area contributed by atoms with E-state index in [1.54, 1.807) is 24.4 Å². The first kappa shape index (κ1) is 15.8. The highest BCUT2D eigenvalue weighted by Gasteiger charge is 2.46. The highest BCUT2D eigenvalue weighted by atomic mass is 19.4. The minimum absolute atomic E-state index is 0.0244. The maximum absolute atomic E-state index is 13.2. The normalized spacial score (nSPS) is 19.1. The summed E-state index contributed by atoms with van der Waals surface area (Å²) in [5, 5.41) is 0.791. The van der Waals surface area contributed by atoms with Gasteiger partial charge in [0.05, 0.1) is 5.52 Å². The summed E-state index contributed by atoms with van der Waals surface area (Å²) in [7, 11) is 0. The number of halogens is 3. The monoisotopic (exact) mass is 322 g/mol. The van der Waals surface area contributed by atoms with Crippen LogP contribution < -0.4 is 0 Å². The Labute approximate surface area is 132 Å². The average molecular weight is 322 g/mol. The molecule has 3 nitrogen and oxygen atoms in total. The van der Waals surface area contributed by atoms with Crippen LogP contribution in [0.1, 0.15) is 35.2 Å². The third-order valence-corrected chi connectivity index (χ3v) is 4.35. The summed E-state index contributed by atoms with van der Waals surface area (Å²) in [6.07, 6.45) is -1.64. The van der Waals surface area contributed by atoms with Crippen molar-refractivity contribution in [1.82, 2.24) is 9.88 Å². The number of nitrogens with zero attached hydrogens (tertiary/aromatic N) is 2. The van der Waals surface area contributed by atoms with Crippen molar-refractivity contribution < 1.29 is 18.0 Å². The molecule has 1 unspecified atom stereocenters. The molecule has 0 spiro atoms. The van der Waals surface area contributed by atoms with Crippen molar-refractivity contribution >= 4 is 16.8 Å². The number of carbonyl (C=O) groups excluding carboxylic acids is 1. The molecule has 0 bridgehead atoms. The Morgan fingerprint density at radius 3 is 2.78 bits per heavy atom. The van der Waals surface area contributed by atoms with Crippen molar-refractivity contribution in [2.75, 3.05) is 6.54 Å². The Hall–Kier alpha value is -2.11. The van der Waals surface area contributed by atoms with Gasteiger partial charge in [-0.05, 0) is 56.0 Å². The number of alkyl halides is 3. The van der Waals surface area contributed by atoms with Crippen LogP contribution in [0.25, 0.3) is 10.9 Å². The van der Waals surface area contributed by atoms with Crippen LogP contribution in [-0.2, 0) is 0 Å². The maximum Gasteiger partial charge on any atom is 0.408 e. The van der Waals surface area contributed by atoms with Crippen LogP contribution in [0, 0.1) is 6.92 Å². The molecule has 1 aromatic carbocycles. The molecule has 1 saturated heterocycles. The van der Waals surface area contributed by atoms with Gasteiger partial charge in [-0.3, -0.25) is 9.78 Å². The van der Waals surface area contributed by atoms with Gasteiger partial charge < -0.3 is 4.90 Å². The van der Waals surface area contributed by atoms with Crippen molar-refractivity contribution in [3.8, 4) is 0 Å². The van der Waals surface area contributed by atoms with E-state index in [2.05, 4.69) is 4.98 Å². The van der Waals surface area contributed by atoms with Crippen molar-refractivity contribution in [2.45, 2.75) is 38.4 Å². The Bertz CT molecular complexity index is 742. The molecule has 1 amide bonds. The molecule has 3 rings (SSSR count). The lowest BCUT2D eigenvalue weighted by atomic mass is 9.99. The van der Waals surface area contributed by atoms with Crippen molar-refractivity contribution in [3.63, 3.8) is 0 Å². The van der Waals surface area contributed by atoms with E-state index in [4.69, 9.17) is 0 Å². The molecule has 2 aromatic rings. The van der Waals surface area contributed by atoms with Gasteiger partial charge in [-0.2, -0.15) is 13.2 Å². The van der Waals surface area contributed by atoms with Crippen molar-refractivity contribution in [1.29, 1.82) is 0 Å². The van der Waals surface area contributed by atoms with E-state index in [9.17, 15) is 18.0 Å². The number of rotatable bonds is 1. The molecular weight excluding hydrogens is 305 g/mol. The van der Waals surface area contributed by atoms with Gasteiger partial charge in [-0.25, -0.2) is 0 Å². The number of benzene rings is 1. The molecule has 23 heavy (non-hydrogen) atoms. The molecule has 122 valence electrons. The topological polar surface area (TPSA) is 33.2 Å². The number of likely N-dealkylation sites (tertiary alicyclic amines) is 1. The predicted octanol–water partition coefficient (Wildman–Crippen LogP) is 4.10. The summed E-state index contributed by atoms with van der Waals surface area (Å²) in [5.41, 5.74) is 1.95. The van der Waals surface area contributed by atoms with Gasteiger partial charge in [-0.1, -0.05) is 0 Å². The lowest BCUT2D eigenvalue weighted by Crippen LogP contribution is -2.51. The number of amides is 1. The summed E-state index contributed by atoms with van der Waals surface area (Å²) >= 11 is 0. The van der Waals surface area contributed by atoms with Crippen LogP contribution in [0.5, 0.6) is 0 Å². The van der Waals surface area contributed by atoms with E-state index in [0.29, 0.717) is 12.8 Å². The molecular formula is C17H17F3N2O. The van der Waals surface area contributed by atoms with Crippen LogP contribution in [0.2, 0.25) is 0 Å². The fraction of sp³-hybridized carbons (Fsp3) is 0.412. The van der Waals surface area contributed by atoms with Gasteiger partial charge in [0, 0.05) is 23.7 Å². The molecule has 0 N–H and O–H groups in total. The molecule has 1 fully saturated rings. The molecule has 6 heteroatoms. The third kappa shape index (κ3) is 3.02. The minimum Gasteiger partial charge on any atom is -0.327 e. The number of fused-ring (bicyclic) bond motifs is 1. The summed E-state index contributed by atoms with van der Waals surface area (Å²) in [4.78, 5) is 17.8. The quantitative estimate of drug-likeness (QED) is 0.792. The first-order chi connectivity index (χ1) is 10.9. The summed E-state index contributed by atoms with van der Waals surface area (Å²) in [5.74, 6) is -0.558. The van der Waals surface area contributed by atoms with Gasteiger partial charge in [0.15, 0.2) is 0 Å². The molecule has 1 atom stereocenters. The van der Waals surface area contributed by atoms with Gasteiger partial charge in [-0.15, -0.1) is 0 Å². The van der Waals surface area contributed by atoms with Gasteiger partial charge >= 0.3 is 6.18 Å². The van der Waals surface area contributed by atoms with E-state index < -0.39 is 18.1 Å². The van der Waals surface area contributed by atoms with Crippen LogP contribution >= 0.6 is 0 Å². The number of pyridine rings is 1. The zero-order valence-electron chi connectivity index (χ0n) is 12.7. The van der Waals surface area contributed by atoms with Gasteiger partial charge in [0.25, 0.3) is 5.91 Å². The Balaban J connectivity index is 1.97. The van der Waals surface area contributed by atoms with Gasteiger partial charge in [0.2, 0.25) is 0 Å². The average Bonchev–Trinajstić information content (AvgIpc) is 2.53. The zero-order chi connectivity index (χ0) is 16.6. The Morgan fingerprint density at radius 2 is 2.04 bits per heavy atom. The van der Waals surface area contributed by atoms with Crippen LogP contribution in [0.4, 0.5) is 13.2 Å². The number of carbonyl (C=O) groups is 1. The molecule has 0 aliphatic carbocycles. The number of piperidine rings is 1. The highest BCUT2D eigenvalue weighted by Crippen LogP contribution is 2.33. The van der Waals surface area contributed by atoms with E-state index in [-0.39, 0.29) is 18.5 Å². The van der Waals surface area contributed by atoms with Crippen molar-refractivity contribution in [3.05, 3.63) is 41.6 Å². The molecule has 1 aliphatic heterocycles. The molecule has 2 heterocycles. The first-order valence-corrected chi connectivity index (χ1v) is 7.61. The second kappa shape index (κ2) is 5.83. The van der Waals surface area contributed by atoms with E-state index >= 15 is 0 Å². The SMILES string of the molecule is Cc1ccnc2ccc(C(=O)N3CCCCC3C(F)(F)F)cc12. The van der Waals surface area contributed by atoms with E-state index in [1.807, 2.05) is 13.0 Å². The van der Waals surface area contributed by atoms with E-state index in [1.165, 1.54) is 0 Å². The van der Waals surface area contributed by atoms with Gasteiger partial charge in [0.1, 0.15) is 6.04 Å². The van der Waals surface area contributed by atoms with Crippen LogP contribution in [0.15, 0.2) is 30.5 Å². The third-order valence-electron chi connectivity index (χ3n) is 4.35. The molecule has 1 aromatic heterocycles. The first-order valence-electron chi connectivity index (χ1n) is 7.61. The number of aromatic nitrogens is 1. The molecule has 0 radical (unpaired) electrons.